The Balaban J connectivity index is 1.66. The van der Waals surface area contributed by atoms with Crippen molar-refractivity contribution in [2.45, 2.75) is 32.6 Å². The predicted octanol–water partition coefficient (Wildman–Crippen LogP) is 4.34. The minimum absolute atomic E-state index is 0.251. The molecule has 0 saturated heterocycles. The third kappa shape index (κ3) is 3.01. The summed E-state index contributed by atoms with van der Waals surface area (Å²) in [5.74, 6) is -0.129. The molecule has 2 aromatic heterocycles. The van der Waals surface area contributed by atoms with Crippen molar-refractivity contribution in [3.05, 3.63) is 71.3 Å². The van der Waals surface area contributed by atoms with Gasteiger partial charge in [-0.05, 0) is 42.5 Å². The number of halogens is 1. The van der Waals surface area contributed by atoms with Gasteiger partial charge in [0.2, 0.25) is 5.95 Å². The fraction of sp³-hybridized carbons (Fsp3) is 0.238. The lowest BCUT2D eigenvalue weighted by Gasteiger charge is -2.03. The van der Waals surface area contributed by atoms with Crippen LogP contribution in [0.4, 0.5) is 10.3 Å². The van der Waals surface area contributed by atoms with Gasteiger partial charge in [0, 0.05) is 11.6 Å². The Morgan fingerprint density at radius 1 is 1.00 bits per heavy atom. The van der Waals surface area contributed by atoms with Crippen LogP contribution in [0.1, 0.15) is 30.2 Å². The van der Waals surface area contributed by atoms with E-state index in [0.717, 1.165) is 31.4 Å². The SMILES string of the molecule is CCCc1cccc(CCc2cn3c(N)nc4c(F)cccc4c3n2)c1. The van der Waals surface area contributed by atoms with Crippen LogP contribution in [0.2, 0.25) is 0 Å². The normalized spacial score (nSPS) is 11.5. The van der Waals surface area contributed by atoms with Crippen LogP contribution in [0.5, 0.6) is 0 Å². The van der Waals surface area contributed by atoms with Crippen LogP contribution in [0.25, 0.3) is 16.6 Å². The molecule has 0 fully saturated rings. The van der Waals surface area contributed by atoms with Gasteiger partial charge in [0.1, 0.15) is 17.0 Å². The minimum Gasteiger partial charge on any atom is -0.369 e. The fourth-order valence-corrected chi connectivity index (χ4v) is 3.39. The number of para-hydroxylation sites is 1. The van der Waals surface area contributed by atoms with E-state index in [1.54, 1.807) is 10.5 Å². The lowest BCUT2D eigenvalue weighted by Crippen LogP contribution is -2.01. The summed E-state index contributed by atoms with van der Waals surface area (Å²) in [7, 11) is 0. The number of hydrogen-bond acceptors (Lipinski definition) is 3. The van der Waals surface area contributed by atoms with Gasteiger partial charge in [-0.3, -0.25) is 4.40 Å². The number of anilines is 1. The summed E-state index contributed by atoms with van der Waals surface area (Å²) in [6.07, 6.45) is 5.85. The summed E-state index contributed by atoms with van der Waals surface area (Å²) in [5.41, 5.74) is 10.5. The second-order valence-corrected chi connectivity index (χ2v) is 6.60. The van der Waals surface area contributed by atoms with Crippen molar-refractivity contribution >= 4 is 22.5 Å². The van der Waals surface area contributed by atoms with Crippen LogP contribution in [0, 0.1) is 5.82 Å². The van der Waals surface area contributed by atoms with E-state index in [-0.39, 0.29) is 17.3 Å². The van der Waals surface area contributed by atoms with Gasteiger partial charge in [0.15, 0.2) is 0 Å². The molecule has 2 aromatic carbocycles. The first kappa shape index (κ1) is 16.5. The molecule has 26 heavy (non-hydrogen) atoms. The maximum atomic E-state index is 14.0. The average Bonchev–Trinajstić information content (AvgIpc) is 3.07. The first-order chi connectivity index (χ1) is 12.7. The molecular weight excluding hydrogens is 327 g/mol. The van der Waals surface area contributed by atoms with Crippen molar-refractivity contribution in [1.82, 2.24) is 14.4 Å². The Labute approximate surface area is 151 Å². The third-order valence-corrected chi connectivity index (χ3v) is 4.66. The van der Waals surface area contributed by atoms with Crippen molar-refractivity contribution in [1.29, 1.82) is 0 Å². The summed E-state index contributed by atoms with van der Waals surface area (Å²) in [5, 5.41) is 0.676. The quantitative estimate of drug-likeness (QED) is 0.584. The van der Waals surface area contributed by atoms with Crippen molar-refractivity contribution in [2.24, 2.45) is 0 Å². The second kappa shape index (κ2) is 6.75. The molecule has 0 unspecified atom stereocenters. The van der Waals surface area contributed by atoms with Gasteiger partial charge in [0.05, 0.1) is 5.69 Å². The highest BCUT2D eigenvalue weighted by Gasteiger charge is 2.12. The van der Waals surface area contributed by atoms with Crippen LogP contribution in [-0.4, -0.2) is 14.4 Å². The van der Waals surface area contributed by atoms with Crippen molar-refractivity contribution < 1.29 is 4.39 Å². The fourth-order valence-electron chi connectivity index (χ4n) is 3.39. The zero-order valence-electron chi connectivity index (χ0n) is 14.7. The zero-order chi connectivity index (χ0) is 18.1. The smallest absolute Gasteiger partial charge is 0.206 e. The van der Waals surface area contributed by atoms with E-state index in [0.29, 0.717) is 11.0 Å². The molecule has 0 atom stereocenters. The molecule has 4 rings (SSSR count). The molecule has 0 aliphatic carbocycles. The van der Waals surface area contributed by atoms with Gasteiger partial charge in [0.25, 0.3) is 0 Å². The van der Waals surface area contributed by atoms with Crippen LogP contribution in [-0.2, 0) is 19.3 Å². The highest BCUT2D eigenvalue weighted by Crippen LogP contribution is 2.23. The van der Waals surface area contributed by atoms with Gasteiger partial charge in [-0.2, -0.15) is 0 Å². The predicted molar refractivity (Wildman–Crippen MR) is 103 cm³/mol. The molecule has 0 aliphatic heterocycles. The molecule has 0 spiro atoms. The number of benzene rings is 2. The Morgan fingerprint density at radius 2 is 1.77 bits per heavy atom. The molecular formula is C21H21FN4. The van der Waals surface area contributed by atoms with Crippen molar-refractivity contribution in [2.75, 3.05) is 5.73 Å². The summed E-state index contributed by atoms with van der Waals surface area (Å²) in [6, 6.07) is 13.6. The molecule has 0 saturated carbocycles. The number of fused-ring (bicyclic) bond motifs is 3. The topological polar surface area (TPSA) is 56.2 Å². The number of nitrogen functional groups attached to an aromatic ring is 1. The van der Waals surface area contributed by atoms with Gasteiger partial charge in [-0.1, -0.05) is 43.7 Å². The largest absolute Gasteiger partial charge is 0.369 e. The Kier molecular flexibility index (Phi) is 4.29. The number of aromatic nitrogens is 3. The lowest BCUT2D eigenvalue weighted by atomic mass is 10.0. The molecule has 0 aliphatic rings. The number of nitrogens with zero attached hydrogens (tertiary/aromatic N) is 3. The third-order valence-electron chi connectivity index (χ3n) is 4.66. The summed E-state index contributed by atoms with van der Waals surface area (Å²) in [4.78, 5) is 8.89. The van der Waals surface area contributed by atoms with E-state index in [2.05, 4.69) is 36.2 Å². The molecule has 0 amide bonds. The van der Waals surface area contributed by atoms with E-state index >= 15 is 0 Å². The number of nitrogens with two attached hydrogens (primary N) is 1. The van der Waals surface area contributed by atoms with Crippen molar-refractivity contribution in [3.8, 4) is 0 Å². The van der Waals surface area contributed by atoms with Crippen LogP contribution >= 0.6 is 0 Å². The minimum atomic E-state index is -0.381. The highest BCUT2D eigenvalue weighted by molar-refractivity contribution is 5.92. The second-order valence-electron chi connectivity index (χ2n) is 6.60. The first-order valence-corrected chi connectivity index (χ1v) is 8.95. The van der Waals surface area contributed by atoms with Crippen molar-refractivity contribution in [3.63, 3.8) is 0 Å². The van der Waals surface area contributed by atoms with Gasteiger partial charge < -0.3 is 5.73 Å². The summed E-state index contributed by atoms with van der Waals surface area (Å²) < 4.78 is 15.8. The summed E-state index contributed by atoms with van der Waals surface area (Å²) >= 11 is 0. The first-order valence-electron chi connectivity index (χ1n) is 8.95. The van der Waals surface area contributed by atoms with Crippen LogP contribution in [0.3, 0.4) is 0 Å². The molecule has 4 nitrogen and oxygen atoms in total. The maximum absolute atomic E-state index is 14.0. The van der Waals surface area contributed by atoms with Crippen LogP contribution in [0.15, 0.2) is 48.7 Å². The van der Waals surface area contributed by atoms with Gasteiger partial charge in [-0.15, -0.1) is 0 Å². The Bertz CT molecular complexity index is 1080. The standard InChI is InChI=1S/C21H21FN4/c1-2-5-14-6-3-7-15(12-14)10-11-16-13-26-20(24-16)17-8-4-9-18(22)19(17)25-21(26)23/h3-4,6-9,12-13H,2,5,10-11H2,1H3,(H2,23,25). The maximum Gasteiger partial charge on any atom is 0.206 e. The molecule has 2 heterocycles. The lowest BCUT2D eigenvalue weighted by molar-refractivity contribution is 0.636. The van der Waals surface area contributed by atoms with E-state index in [1.807, 2.05) is 12.3 Å². The number of hydrogen-bond donors (Lipinski definition) is 1. The average molecular weight is 348 g/mol. The molecule has 5 heteroatoms. The van der Waals surface area contributed by atoms with E-state index in [9.17, 15) is 4.39 Å². The number of aryl methyl sites for hydroxylation is 3. The van der Waals surface area contributed by atoms with E-state index in [1.165, 1.54) is 17.2 Å². The molecule has 132 valence electrons. The molecule has 2 N–H and O–H groups in total. The number of rotatable bonds is 5. The van der Waals surface area contributed by atoms with Crippen LogP contribution < -0.4 is 5.73 Å². The summed E-state index contributed by atoms with van der Waals surface area (Å²) in [6.45, 7) is 2.19. The molecule has 0 radical (unpaired) electrons. The molecule has 4 aromatic rings. The van der Waals surface area contributed by atoms with Gasteiger partial charge in [-0.25, -0.2) is 14.4 Å². The van der Waals surface area contributed by atoms with Gasteiger partial charge >= 0.3 is 0 Å². The zero-order valence-corrected chi connectivity index (χ0v) is 14.7. The van der Waals surface area contributed by atoms with E-state index < -0.39 is 0 Å². The monoisotopic (exact) mass is 348 g/mol. The number of imidazole rings is 1. The molecule has 0 bridgehead atoms. The Hall–Kier alpha value is -2.95. The Morgan fingerprint density at radius 3 is 2.58 bits per heavy atom. The highest BCUT2D eigenvalue weighted by atomic mass is 19.1. The van der Waals surface area contributed by atoms with E-state index in [4.69, 9.17) is 10.7 Å².